The molecule has 8 nitrogen and oxygen atoms in total. The van der Waals surface area contributed by atoms with Gasteiger partial charge in [-0.15, -0.1) is 0 Å². The summed E-state index contributed by atoms with van der Waals surface area (Å²) in [5.41, 5.74) is 4.83. The topological polar surface area (TPSA) is 112 Å². The number of hydrogen-bond acceptors (Lipinski definition) is 7. The third-order valence-corrected chi connectivity index (χ3v) is 9.18. The highest BCUT2D eigenvalue weighted by Crippen LogP contribution is 2.37. The van der Waals surface area contributed by atoms with Gasteiger partial charge in [0, 0.05) is 6.42 Å². The van der Waals surface area contributed by atoms with E-state index in [1.165, 1.54) is 10.9 Å². The first-order chi connectivity index (χ1) is 10.5. The predicted molar refractivity (Wildman–Crippen MR) is 88.4 cm³/mol. The van der Waals surface area contributed by atoms with Crippen LogP contribution in [0.2, 0.25) is 18.1 Å². The van der Waals surface area contributed by atoms with Crippen LogP contribution in [0.15, 0.2) is 11.1 Å². The van der Waals surface area contributed by atoms with Crippen LogP contribution in [0.25, 0.3) is 0 Å². The van der Waals surface area contributed by atoms with E-state index in [0.717, 1.165) is 0 Å². The van der Waals surface area contributed by atoms with Crippen molar-refractivity contribution in [2.75, 3.05) is 12.3 Å². The van der Waals surface area contributed by atoms with E-state index < -0.39 is 32.4 Å². The van der Waals surface area contributed by atoms with E-state index in [-0.39, 0.29) is 11.0 Å². The van der Waals surface area contributed by atoms with Crippen molar-refractivity contribution in [1.29, 1.82) is 0 Å². The Bertz CT molecular complexity index is 614. The molecule has 130 valence electrons. The number of hydrogen-bond donors (Lipinski definition) is 2. The van der Waals surface area contributed by atoms with Gasteiger partial charge < -0.3 is 20.0 Å². The molecule has 1 aliphatic heterocycles. The first-order valence-electron chi connectivity index (χ1n) is 7.69. The smallest absolute Gasteiger partial charge is 0.354 e. The van der Waals surface area contributed by atoms with Gasteiger partial charge in [0.1, 0.15) is 18.7 Å². The normalized spacial score (nSPS) is 25.7. The van der Waals surface area contributed by atoms with Crippen molar-refractivity contribution in [1.82, 2.24) is 14.5 Å². The maximum absolute atomic E-state index is 11.8. The minimum Gasteiger partial charge on any atom is -0.414 e. The van der Waals surface area contributed by atoms with Crippen molar-refractivity contribution >= 4 is 14.3 Å². The molecular weight excluding hydrogens is 316 g/mol. The first kappa shape index (κ1) is 18.1. The van der Waals surface area contributed by atoms with Gasteiger partial charge in [-0.05, 0) is 18.1 Å². The van der Waals surface area contributed by atoms with Gasteiger partial charge in [0.2, 0.25) is 5.95 Å². The third kappa shape index (κ3) is 3.97. The van der Waals surface area contributed by atoms with Crippen molar-refractivity contribution in [2.24, 2.45) is 0 Å². The highest BCUT2D eigenvalue weighted by molar-refractivity contribution is 6.74. The van der Waals surface area contributed by atoms with E-state index in [0.29, 0.717) is 13.0 Å². The number of nitrogen functional groups attached to an aromatic ring is 1. The summed E-state index contributed by atoms with van der Waals surface area (Å²) in [5, 5.41) is 10.3. The average molecular weight is 342 g/mol. The molecule has 3 N–H and O–H groups in total. The van der Waals surface area contributed by atoms with Crippen LogP contribution >= 0.6 is 0 Å². The van der Waals surface area contributed by atoms with E-state index in [1.807, 2.05) is 0 Å². The number of ether oxygens (including phenoxy) is 1. The summed E-state index contributed by atoms with van der Waals surface area (Å²) >= 11 is 0. The lowest BCUT2D eigenvalue weighted by atomic mass is 10.2. The molecule has 0 aliphatic carbocycles. The molecule has 0 saturated carbocycles. The quantitative estimate of drug-likeness (QED) is 0.781. The van der Waals surface area contributed by atoms with Crippen molar-refractivity contribution in [3.63, 3.8) is 0 Å². The fourth-order valence-corrected chi connectivity index (χ4v) is 3.11. The number of nitrogens with zero attached hydrogens (tertiary/aromatic N) is 3. The molecular formula is C14H26N4O4Si. The number of anilines is 1. The van der Waals surface area contributed by atoms with Crippen molar-refractivity contribution in [2.45, 2.75) is 63.8 Å². The Hall–Kier alpha value is -1.29. The molecule has 0 spiro atoms. The molecule has 0 bridgehead atoms. The molecule has 1 aliphatic rings. The monoisotopic (exact) mass is 342 g/mol. The predicted octanol–water partition coefficient (Wildman–Crippen LogP) is 0.891. The van der Waals surface area contributed by atoms with E-state index in [1.54, 1.807) is 0 Å². The summed E-state index contributed by atoms with van der Waals surface area (Å²) in [6.07, 6.45) is -0.198. The summed E-state index contributed by atoms with van der Waals surface area (Å²) in [6, 6.07) is 0. The summed E-state index contributed by atoms with van der Waals surface area (Å²) in [5.74, 6) is -0.0809. The van der Waals surface area contributed by atoms with Crippen LogP contribution in [-0.4, -0.2) is 46.8 Å². The highest BCUT2D eigenvalue weighted by atomic mass is 28.4. The second-order valence-electron chi connectivity index (χ2n) is 7.41. The lowest BCUT2D eigenvalue weighted by Crippen LogP contribution is -2.43. The van der Waals surface area contributed by atoms with E-state index in [4.69, 9.17) is 14.9 Å². The molecule has 9 heteroatoms. The SMILES string of the molecule is CC(C)(C)[Si](C)(C)OC[C@H]1O[C@@H](n2cnc(N)nc2=O)CC1O. The first-order valence-corrected chi connectivity index (χ1v) is 10.6. The summed E-state index contributed by atoms with van der Waals surface area (Å²) < 4.78 is 13.1. The Morgan fingerprint density at radius 1 is 1.52 bits per heavy atom. The number of aromatic nitrogens is 3. The molecule has 1 aromatic rings. The summed E-state index contributed by atoms with van der Waals surface area (Å²) in [4.78, 5) is 19.2. The molecule has 23 heavy (non-hydrogen) atoms. The second kappa shape index (κ2) is 6.31. The van der Waals surface area contributed by atoms with Gasteiger partial charge in [0.05, 0.1) is 12.7 Å². The van der Waals surface area contributed by atoms with Crippen molar-refractivity contribution in [3.8, 4) is 0 Å². The number of rotatable bonds is 4. The number of nitrogens with two attached hydrogens (primary N) is 1. The second-order valence-corrected chi connectivity index (χ2v) is 12.2. The minimum absolute atomic E-state index is 0.0809. The number of aliphatic hydroxyl groups is 1. The third-order valence-electron chi connectivity index (χ3n) is 4.67. The zero-order chi connectivity index (χ0) is 17.4. The molecule has 1 saturated heterocycles. The number of aliphatic hydroxyl groups excluding tert-OH is 1. The highest BCUT2D eigenvalue weighted by Gasteiger charge is 2.41. The maximum Gasteiger partial charge on any atom is 0.354 e. The molecule has 0 amide bonds. The van der Waals surface area contributed by atoms with Crippen LogP contribution in [0.3, 0.4) is 0 Å². The molecule has 0 radical (unpaired) electrons. The molecule has 1 unspecified atom stereocenters. The fraction of sp³-hybridized carbons (Fsp3) is 0.786. The maximum atomic E-state index is 11.8. The van der Waals surface area contributed by atoms with Crippen LogP contribution in [0.5, 0.6) is 0 Å². The fourth-order valence-electron chi connectivity index (χ4n) is 2.10. The largest absolute Gasteiger partial charge is 0.414 e. The molecule has 2 heterocycles. The van der Waals surface area contributed by atoms with Crippen LogP contribution in [-0.2, 0) is 9.16 Å². The van der Waals surface area contributed by atoms with Gasteiger partial charge in [-0.3, -0.25) is 4.57 Å². The molecule has 3 atom stereocenters. The zero-order valence-corrected chi connectivity index (χ0v) is 15.3. The standard InChI is InChI=1S/C14H26N4O4Si/c1-14(2,3)23(4,5)21-7-10-9(19)6-11(22-10)18-8-16-12(15)17-13(18)20/h8-11,19H,6-7H2,1-5H3,(H2,15,17,20)/t9?,10-,11-/m1/s1. The van der Waals surface area contributed by atoms with E-state index in [9.17, 15) is 9.90 Å². The Morgan fingerprint density at radius 3 is 2.74 bits per heavy atom. The van der Waals surface area contributed by atoms with E-state index >= 15 is 0 Å². The van der Waals surface area contributed by atoms with Gasteiger partial charge in [-0.25, -0.2) is 9.78 Å². The lowest BCUT2D eigenvalue weighted by Gasteiger charge is -2.37. The molecule has 1 aromatic heterocycles. The van der Waals surface area contributed by atoms with Crippen molar-refractivity contribution in [3.05, 3.63) is 16.8 Å². The van der Waals surface area contributed by atoms with Gasteiger partial charge >= 0.3 is 5.69 Å². The lowest BCUT2D eigenvalue weighted by molar-refractivity contribution is -0.0435. The van der Waals surface area contributed by atoms with Gasteiger partial charge in [-0.2, -0.15) is 4.98 Å². The summed E-state index contributed by atoms with van der Waals surface area (Å²) in [6.45, 7) is 11.0. The van der Waals surface area contributed by atoms with E-state index in [2.05, 4.69) is 43.8 Å². The minimum atomic E-state index is -1.92. The average Bonchev–Trinajstić information content (AvgIpc) is 2.76. The Balaban J connectivity index is 2.03. The Labute approximate surface area is 136 Å². The zero-order valence-electron chi connectivity index (χ0n) is 14.3. The van der Waals surface area contributed by atoms with Crippen LogP contribution in [0.4, 0.5) is 5.95 Å². The Kier molecular flexibility index (Phi) is 4.95. The van der Waals surface area contributed by atoms with Crippen molar-refractivity contribution < 1.29 is 14.3 Å². The molecule has 0 aromatic carbocycles. The Morgan fingerprint density at radius 2 is 2.17 bits per heavy atom. The van der Waals surface area contributed by atoms with Gasteiger partial charge in [-0.1, -0.05) is 20.8 Å². The van der Waals surface area contributed by atoms with Crippen LogP contribution in [0, 0.1) is 0 Å². The van der Waals surface area contributed by atoms with Gasteiger partial charge in [0.15, 0.2) is 8.32 Å². The summed E-state index contributed by atoms with van der Waals surface area (Å²) in [7, 11) is -1.92. The van der Waals surface area contributed by atoms with Gasteiger partial charge in [0.25, 0.3) is 0 Å². The van der Waals surface area contributed by atoms with Crippen LogP contribution in [0.1, 0.15) is 33.4 Å². The van der Waals surface area contributed by atoms with Crippen LogP contribution < -0.4 is 11.4 Å². The molecule has 1 fully saturated rings. The molecule has 2 rings (SSSR count).